The second kappa shape index (κ2) is 8.14. The first kappa shape index (κ1) is 18.7. The molecule has 0 aliphatic carbocycles. The van der Waals surface area contributed by atoms with E-state index in [2.05, 4.69) is 27.2 Å². The van der Waals surface area contributed by atoms with E-state index >= 15 is 0 Å². The molecule has 3 aromatic rings. The van der Waals surface area contributed by atoms with Crippen LogP contribution < -0.4 is 5.32 Å². The van der Waals surface area contributed by atoms with Crippen LogP contribution in [0.2, 0.25) is 0 Å². The standard InChI is InChI=1S/C21H26FN5O/c1-2-9-26-10-5-6-15(14-26)12-23-20-11-18(16-7-3-4-8-19(16)28)25-21-17(22)13-24-27(20)21/h3-4,7-8,11,13,15,23,28H,2,5-6,9-10,12,14H2,1H3. The van der Waals surface area contributed by atoms with E-state index in [0.717, 1.165) is 19.6 Å². The predicted octanol–water partition coefficient (Wildman–Crippen LogP) is 3.77. The summed E-state index contributed by atoms with van der Waals surface area (Å²) in [5.41, 5.74) is 1.24. The van der Waals surface area contributed by atoms with Crippen molar-refractivity contribution in [3.8, 4) is 17.0 Å². The number of anilines is 1. The Morgan fingerprint density at radius 1 is 1.32 bits per heavy atom. The van der Waals surface area contributed by atoms with Gasteiger partial charge in [-0.25, -0.2) is 9.37 Å². The van der Waals surface area contributed by atoms with Crippen LogP contribution >= 0.6 is 0 Å². The second-order valence-corrected chi connectivity index (χ2v) is 7.46. The molecule has 3 heterocycles. The fourth-order valence-electron chi connectivity index (χ4n) is 3.98. The number of phenols is 1. The molecule has 1 unspecified atom stereocenters. The maximum absolute atomic E-state index is 14.2. The number of halogens is 1. The van der Waals surface area contributed by atoms with Gasteiger partial charge in [-0.3, -0.25) is 0 Å². The number of rotatable bonds is 6. The van der Waals surface area contributed by atoms with Gasteiger partial charge in [0.25, 0.3) is 0 Å². The molecule has 4 rings (SSSR count). The van der Waals surface area contributed by atoms with Gasteiger partial charge in [-0.05, 0) is 50.4 Å². The molecule has 1 fully saturated rings. The number of phenolic OH excluding ortho intramolecular Hbond substituents is 1. The molecule has 0 spiro atoms. The van der Waals surface area contributed by atoms with Gasteiger partial charge in [0.1, 0.15) is 11.6 Å². The van der Waals surface area contributed by atoms with E-state index in [1.165, 1.54) is 36.5 Å². The number of hydrogen-bond donors (Lipinski definition) is 2. The summed E-state index contributed by atoms with van der Waals surface area (Å²) in [6, 6.07) is 8.77. The summed E-state index contributed by atoms with van der Waals surface area (Å²) < 4.78 is 15.7. The van der Waals surface area contributed by atoms with E-state index in [4.69, 9.17) is 0 Å². The molecule has 0 amide bonds. The minimum absolute atomic E-state index is 0.118. The van der Waals surface area contributed by atoms with Crippen molar-refractivity contribution in [3.05, 3.63) is 42.3 Å². The molecule has 6 nitrogen and oxygen atoms in total. The average molecular weight is 383 g/mol. The molecular weight excluding hydrogens is 357 g/mol. The number of aromatic hydroxyl groups is 1. The van der Waals surface area contributed by atoms with Crippen molar-refractivity contribution in [2.45, 2.75) is 26.2 Å². The molecule has 1 saturated heterocycles. The number of hydrogen-bond acceptors (Lipinski definition) is 5. The van der Waals surface area contributed by atoms with Crippen LogP contribution in [0.5, 0.6) is 5.75 Å². The monoisotopic (exact) mass is 383 g/mol. The highest BCUT2D eigenvalue weighted by Crippen LogP contribution is 2.30. The van der Waals surface area contributed by atoms with Crippen molar-refractivity contribution in [2.24, 2.45) is 5.92 Å². The fraction of sp³-hybridized carbons (Fsp3) is 0.429. The third-order valence-electron chi connectivity index (χ3n) is 5.32. The highest BCUT2D eigenvalue weighted by molar-refractivity contribution is 5.71. The van der Waals surface area contributed by atoms with Crippen molar-refractivity contribution < 1.29 is 9.50 Å². The minimum atomic E-state index is -0.480. The third kappa shape index (κ3) is 3.80. The molecule has 1 atom stereocenters. The predicted molar refractivity (Wildman–Crippen MR) is 108 cm³/mol. The molecule has 2 N–H and O–H groups in total. The number of para-hydroxylation sites is 1. The van der Waals surface area contributed by atoms with E-state index < -0.39 is 5.82 Å². The van der Waals surface area contributed by atoms with Crippen LogP contribution in [0.1, 0.15) is 26.2 Å². The summed E-state index contributed by atoms with van der Waals surface area (Å²) in [6.45, 7) is 6.39. The number of aromatic nitrogens is 3. The van der Waals surface area contributed by atoms with Crippen LogP contribution in [-0.2, 0) is 0 Å². The number of nitrogens with one attached hydrogen (secondary N) is 1. The lowest BCUT2D eigenvalue weighted by Crippen LogP contribution is -2.38. The van der Waals surface area contributed by atoms with Gasteiger partial charge < -0.3 is 15.3 Å². The lowest BCUT2D eigenvalue weighted by Gasteiger charge is -2.32. The Hall–Kier alpha value is -2.67. The normalized spacial score (nSPS) is 17.9. The molecule has 1 aliphatic heterocycles. The zero-order valence-electron chi connectivity index (χ0n) is 16.1. The third-order valence-corrected chi connectivity index (χ3v) is 5.32. The van der Waals surface area contributed by atoms with Crippen molar-refractivity contribution in [3.63, 3.8) is 0 Å². The lowest BCUT2D eigenvalue weighted by atomic mass is 9.98. The maximum atomic E-state index is 14.2. The van der Waals surface area contributed by atoms with Crippen LogP contribution in [0.25, 0.3) is 16.9 Å². The maximum Gasteiger partial charge on any atom is 0.194 e. The smallest absolute Gasteiger partial charge is 0.194 e. The van der Waals surface area contributed by atoms with Crippen LogP contribution in [0.4, 0.5) is 10.2 Å². The summed E-state index contributed by atoms with van der Waals surface area (Å²) in [6.07, 6.45) is 4.73. The Morgan fingerprint density at radius 2 is 2.18 bits per heavy atom. The largest absolute Gasteiger partial charge is 0.507 e. The van der Waals surface area contributed by atoms with Gasteiger partial charge in [-0.2, -0.15) is 9.61 Å². The van der Waals surface area contributed by atoms with Gasteiger partial charge in [0.2, 0.25) is 0 Å². The summed E-state index contributed by atoms with van der Waals surface area (Å²) in [4.78, 5) is 6.89. The molecule has 1 aliphatic rings. The Kier molecular flexibility index (Phi) is 5.43. The number of piperidine rings is 1. The molecule has 0 radical (unpaired) electrons. The fourth-order valence-corrected chi connectivity index (χ4v) is 3.98. The molecular formula is C21H26FN5O. The van der Waals surface area contributed by atoms with Crippen LogP contribution in [0.15, 0.2) is 36.5 Å². The van der Waals surface area contributed by atoms with Gasteiger partial charge in [0.05, 0.1) is 11.9 Å². The van der Waals surface area contributed by atoms with Crippen molar-refractivity contribution in [2.75, 3.05) is 31.5 Å². The lowest BCUT2D eigenvalue weighted by molar-refractivity contribution is 0.181. The Balaban J connectivity index is 1.60. The number of benzene rings is 1. The molecule has 7 heteroatoms. The first-order valence-electron chi connectivity index (χ1n) is 9.94. The second-order valence-electron chi connectivity index (χ2n) is 7.46. The van der Waals surface area contributed by atoms with Gasteiger partial charge in [0.15, 0.2) is 11.5 Å². The van der Waals surface area contributed by atoms with E-state index in [1.807, 2.05) is 12.1 Å². The van der Waals surface area contributed by atoms with Crippen molar-refractivity contribution in [1.82, 2.24) is 19.5 Å². The Bertz CT molecular complexity index is 955. The number of likely N-dealkylation sites (tertiary alicyclic amines) is 1. The van der Waals surface area contributed by atoms with Crippen molar-refractivity contribution in [1.29, 1.82) is 0 Å². The quantitative estimate of drug-likeness (QED) is 0.678. The minimum Gasteiger partial charge on any atom is -0.507 e. The molecule has 0 bridgehead atoms. The van der Waals surface area contributed by atoms with Crippen LogP contribution in [-0.4, -0.2) is 50.8 Å². The molecule has 0 saturated carbocycles. The van der Waals surface area contributed by atoms with Gasteiger partial charge >= 0.3 is 0 Å². The topological polar surface area (TPSA) is 65.7 Å². The van der Waals surface area contributed by atoms with Gasteiger partial charge in [-0.1, -0.05) is 19.1 Å². The van der Waals surface area contributed by atoms with Crippen molar-refractivity contribution >= 4 is 11.5 Å². The first-order valence-corrected chi connectivity index (χ1v) is 9.94. The molecule has 148 valence electrons. The average Bonchev–Trinajstić information content (AvgIpc) is 3.08. The SMILES string of the molecule is CCCN1CCCC(CNc2cc(-c3ccccc3O)nc3c(F)cnn23)C1. The van der Waals surface area contributed by atoms with E-state index in [0.29, 0.717) is 23.0 Å². The summed E-state index contributed by atoms with van der Waals surface area (Å²) in [5, 5.41) is 17.8. The zero-order valence-corrected chi connectivity index (χ0v) is 16.1. The van der Waals surface area contributed by atoms with E-state index in [-0.39, 0.29) is 11.4 Å². The van der Waals surface area contributed by atoms with E-state index in [9.17, 15) is 9.50 Å². The summed E-state index contributed by atoms with van der Waals surface area (Å²) in [7, 11) is 0. The molecule has 28 heavy (non-hydrogen) atoms. The first-order chi connectivity index (χ1) is 13.7. The van der Waals surface area contributed by atoms with Gasteiger partial charge in [-0.15, -0.1) is 0 Å². The highest BCUT2D eigenvalue weighted by Gasteiger charge is 2.20. The summed E-state index contributed by atoms with van der Waals surface area (Å²) >= 11 is 0. The van der Waals surface area contributed by atoms with Crippen LogP contribution in [0, 0.1) is 11.7 Å². The Morgan fingerprint density at radius 3 is 3.00 bits per heavy atom. The summed E-state index contributed by atoms with van der Waals surface area (Å²) in [5.74, 6) is 0.858. The highest BCUT2D eigenvalue weighted by atomic mass is 19.1. The van der Waals surface area contributed by atoms with Crippen LogP contribution in [0.3, 0.4) is 0 Å². The Labute approximate surface area is 164 Å². The number of nitrogens with zero attached hydrogens (tertiary/aromatic N) is 4. The van der Waals surface area contributed by atoms with Gasteiger partial charge in [0, 0.05) is 24.7 Å². The molecule has 1 aromatic carbocycles. The molecule has 2 aromatic heterocycles. The number of fused-ring (bicyclic) bond motifs is 1. The van der Waals surface area contributed by atoms with E-state index in [1.54, 1.807) is 18.2 Å². The zero-order chi connectivity index (χ0) is 19.5.